The van der Waals surface area contributed by atoms with E-state index in [1.54, 1.807) is 0 Å². The fourth-order valence-electron chi connectivity index (χ4n) is 2.17. The number of likely N-dealkylation sites (N-methyl/N-ethyl adjacent to an activating group) is 1. The second-order valence-corrected chi connectivity index (χ2v) is 5.37. The second kappa shape index (κ2) is 12.0. The summed E-state index contributed by atoms with van der Waals surface area (Å²) in [6, 6.07) is 7.31. The molecule has 1 aromatic rings. The van der Waals surface area contributed by atoms with Gasteiger partial charge in [0.2, 0.25) is 0 Å². The number of anilines is 1. The van der Waals surface area contributed by atoms with Crippen molar-refractivity contribution in [3.8, 4) is 5.75 Å². The lowest BCUT2D eigenvalue weighted by atomic mass is 10.3. The summed E-state index contributed by atoms with van der Waals surface area (Å²) >= 11 is 0. The maximum atomic E-state index is 11.9. The Balaban J connectivity index is 0.00000484. The number of halogens is 1. The van der Waals surface area contributed by atoms with Crippen molar-refractivity contribution in [2.24, 2.45) is 0 Å². The zero-order chi connectivity index (χ0) is 16.4. The molecule has 1 atom stereocenters. The largest absolute Gasteiger partial charge is 1.00 e. The number of hydrogen-bond donors (Lipinski definition) is 2. The summed E-state index contributed by atoms with van der Waals surface area (Å²) in [5.41, 5.74) is 0.705. The number of ether oxygens (including phenoxy) is 2. The maximum Gasteiger partial charge on any atom is 0.412 e. The van der Waals surface area contributed by atoms with Crippen molar-refractivity contribution < 1.29 is 31.6 Å². The summed E-state index contributed by atoms with van der Waals surface area (Å²) < 4.78 is 10.9. The van der Waals surface area contributed by atoms with Crippen LogP contribution >= 0.6 is 0 Å². The minimum atomic E-state index is -0.415. The Morgan fingerprint density at radius 1 is 1.17 bits per heavy atom. The van der Waals surface area contributed by atoms with Gasteiger partial charge in [0.15, 0.2) is 0 Å². The molecule has 0 aliphatic heterocycles. The van der Waals surface area contributed by atoms with Gasteiger partial charge in [-0.05, 0) is 51.5 Å². The van der Waals surface area contributed by atoms with Gasteiger partial charge in [0.1, 0.15) is 18.4 Å². The number of benzene rings is 1. The molecule has 23 heavy (non-hydrogen) atoms. The van der Waals surface area contributed by atoms with E-state index < -0.39 is 6.09 Å². The minimum Gasteiger partial charge on any atom is -1.00 e. The first-order valence-electron chi connectivity index (χ1n) is 8.13. The molecule has 0 heterocycles. The molecule has 5 nitrogen and oxygen atoms in total. The standard InChI is InChI=1S/C17H28N2O3.ClH/c1-5-12-21-16-10-8-15(9-11-16)18-17(20)22-14(4)13-19(6-2)7-3;/h8-11,14H,5-7,12-13H2,1-4H3,(H,18,20);1H. The zero-order valence-corrected chi connectivity index (χ0v) is 15.3. The van der Waals surface area contributed by atoms with Crippen molar-refractivity contribution >= 4 is 11.8 Å². The van der Waals surface area contributed by atoms with E-state index in [-0.39, 0.29) is 18.5 Å². The van der Waals surface area contributed by atoms with E-state index in [1.807, 2.05) is 31.2 Å². The molecule has 1 aromatic carbocycles. The summed E-state index contributed by atoms with van der Waals surface area (Å²) in [6.45, 7) is 11.8. The first-order valence-corrected chi connectivity index (χ1v) is 8.13. The topological polar surface area (TPSA) is 52.0 Å². The van der Waals surface area contributed by atoms with Gasteiger partial charge < -0.3 is 26.8 Å². The van der Waals surface area contributed by atoms with Gasteiger partial charge in [-0.1, -0.05) is 6.92 Å². The van der Waals surface area contributed by atoms with E-state index in [4.69, 9.17) is 9.47 Å². The summed E-state index contributed by atoms with van der Waals surface area (Å²) in [6.07, 6.45) is 0.446. The lowest BCUT2D eigenvalue weighted by Crippen LogP contribution is -3.12. The Kier molecular flexibility index (Phi) is 11.3. The highest BCUT2D eigenvalue weighted by atomic mass is 35.5. The Hall–Kier alpha value is -1.46. The van der Waals surface area contributed by atoms with Crippen molar-refractivity contribution in [3.63, 3.8) is 0 Å². The SMILES string of the molecule is CCCOc1ccc(NC(=O)OC(C)C[NH+](CC)CC)cc1.[Cl-]. The van der Waals surface area contributed by atoms with E-state index in [1.165, 1.54) is 4.90 Å². The van der Waals surface area contributed by atoms with Gasteiger partial charge in [-0.3, -0.25) is 5.32 Å². The van der Waals surface area contributed by atoms with E-state index >= 15 is 0 Å². The zero-order valence-electron chi connectivity index (χ0n) is 14.5. The number of amides is 1. The molecule has 0 bridgehead atoms. The lowest BCUT2D eigenvalue weighted by Gasteiger charge is -2.20. The minimum absolute atomic E-state index is 0. The molecule has 132 valence electrons. The fourth-order valence-corrected chi connectivity index (χ4v) is 2.17. The van der Waals surface area contributed by atoms with Gasteiger partial charge >= 0.3 is 6.09 Å². The average molecular weight is 345 g/mol. The van der Waals surface area contributed by atoms with Crippen LogP contribution in [0.5, 0.6) is 5.75 Å². The van der Waals surface area contributed by atoms with Crippen molar-refractivity contribution in [2.75, 3.05) is 31.6 Å². The van der Waals surface area contributed by atoms with Crippen LogP contribution in [0.1, 0.15) is 34.1 Å². The predicted octanol–water partition coefficient (Wildman–Crippen LogP) is -0.659. The average Bonchev–Trinajstić information content (AvgIpc) is 2.51. The van der Waals surface area contributed by atoms with E-state index in [0.717, 1.165) is 31.8 Å². The highest BCUT2D eigenvalue weighted by molar-refractivity contribution is 5.84. The summed E-state index contributed by atoms with van der Waals surface area (Å²) in [5, 5.41) is 2.74. The Morgan fingerprint density at radius 3 is 2.30 bits per heavy atom. The number of nitrogens with one attached hydrogen (secondary N) is 2. The van der Waals surface area contributed by atoms with E-state index in [0.29, 0.717) is 12.3 Å². The van der Waals surface area contributed by atoms with Crippen LogP contribution in [0.15, 0.2) is 24.3 Å². The molecule has 0 radical (unpaired) electrons. The van der Waals surface area contributed by atoms with E-state index in [2.05, 4.69) is 26.1 Å². The Morgan fingerprint density at radius 2 is 1.78 bits per heavy atom. The quantitative estimate of drug-likeness (QED) is 0.625. The van der Waals surface area contributed by atoms with Gasteiger partial charge in [-0.2, -0.15) is 0 Å². The van der Waals surface area contributed by atoms with Gasteiger partial charge in [0.05, 0.1) is 19.7 Å². The van der Waals surface area contributed by atoms with Crippen molar-refractivity contribution in [1.29, 1.82) is 0 Å². The maximum absolute atomic E-state index is 11.9. The van der Waals surface area contributed by atoms with Crippen LogP contribution in [0, 0.1) is 0 Å². The van der Waals surface area contributed by atoms with Crippen LogP contribution in [-0.4, -0.2) is 38.4 Å². The van der Waals surface area contributed by atoms with Crippen LogP contribution < -0.4 is 27.4 Å². The second-order valence-electron chi connectivity index (χ2n) is 5.37. The summed E-state index contributed by atoms with van der Waals surface area (Å²) in [5.74, 6) is 0.805. The van der Waals surface area contributed by atoms with Crippen molar-refractivity contribution in [2.45, 2.75) is 40.2 Å². The van der Waals surface area contributed by atoms with Crippen LogP contribution in [0.3, 0.4) is 0 Å². The number of carbonyl (C=O) groups excluding carboxylic acids is 1. The highest BCUT2D eigenvalue weighted by Crippen LogP contribution is 2.16. The molecule has 1 amide bonds. The molecule has 0 aromatic heterocycles. The first kappa shape index (κ1) is 21.5. The monoisotopic (exact) mass is 344 g/mol. The van der Waals surface area contributed by atoms with Gasteiger partial charge in [-0.15, -0.1) is 0 Å². The first-order chi connectivity index (χ1) is 10.6. The molecular weight excluding hydrogens is 316 g/mol. The summed E-state index contributed by atoms with van der Waals surface area (Å²) in [4.78, 5) is 13.3. The molecule has 0 fully saturated rings. The Labute approximate surface area is 145 Å². The number of hydrogen-bond acceptors (Lipinski definition) is 3. The fraction of sp³-hybridized carbons (Fsp3) is 0.588. The molecule has 0 saturated heterocycles. The number of rotatable bonds is 9. The van der Waals surface area contributed by atoms with Gasteiger partial charge in [-0.25, -0.2) is 4.79 Å². The van der Waals surface area contributed by atoms with Gasteiger partial charge in [0, 0.05) is 5.69 Å². The van der Waals surface area contributed by atoms with Crippen LogP contribution in [0.4, 0.5) is 10.5 Å². The number of carbonyl (C=O) groups is 1. The molecule has 2 N–H and O–H groups in total. The predicted molar refractivity (Wildman–Crippen MR) is 88.7 cm³/mol. The molecule has 6 heteroatoms. The molecule has 0 spiro atoms. The molecule has 1 unspecified atom stereocenters. The van der Waals surface area contributed by atoms with Crippen LogP contribution in [-0.2, 0) is 4.74 Å². The third kappa shape index (κ3) is 8.67. The molecule has 0 saturated carbocycles. The third-order valence-electron chi connectivity index (χ3n) is 3.46. The smallest absolute Gasteiger partial charge is 0.412 e. The van der Waals surface area contributed by atoms with E-state index in [9.17, 15) is 4.79 Å². The number of quaternary nitrogens is 1. The Bertz CT molecular complexity index is 436. The molecule has 0 aliphatic carbocycles. The molecular formula is C17H29ClN2O3. The lowest BCUT2D eigenvalue weighted by molar-refractivity contribution is -0.899. The van der Waals surface area contributed by atoms with Crippen LogP contribution in [0.25, 0.3) is 0 Å². The summed E-state index contributed by atoms with van der Waals surface area (Å²) in [7, 11) is 0. The van der Waals surface area contributed by atoms with Gasteiger partial charge in [0.25, 0.3) is 0 Å². The normalized spacial score (nSPS) is 11.5. The van der Waals surface area contributed by atoms with Crippen LogP contribution in [0.2, 0.25) is 0 Å². The van der Waals surface area contributed by atoms with Crippen molar-refractivity contribution in [1.82, 2.24) is 0 Å². The van der Waals surface area contributed by atoms with Crippen molar-refractivity contribution in [3.05, 3.63) is 24.3 Å². The third-order valence-corrected chi connectivity index (χ3v) is 3.46. The highest BCUT2D eigenvalue weighted by Gasteiger charge is 2.14. The molecule has 1 rings (SSSR count). The molecule has 0 aliphatic rings.